The number of fused-ring (bicyclic) bond motifs is 2. The fraction of sp³-hybridized carbons (Fsp3) is 0.500. The molecule has 1 saturated heterocycles. The zero-order valence-corrected chi connectivity index (χ0v) is 21.4. The van der Waals surface area contributed by atoms with Gasteiger partial charge in [0.05, 0.1) is 36.3 Å². The Labute approximate surface area is 218 Å². The Bertz CT molecular complexity index is 1300. The first-order valence-corrected chi connectivity index (χ1v) is 12.7. The Morgan fingerprint density at radius 3 is 2.61 bits per heavy atom. The van der Waals surface area contributed by atoms with E-state index < -0.39 is 18.2 Å². The first-order chi connectivity index (χ1) is 18.1. The number of benzene rings is 1. The number of hydrogen-bond donors (Lipinski definition) is 2. The number of piperazine rings is 1. The average Bonchev–Trinajstić information content (AvgIpc) is 3.42. The molecular formula is C26H32F3N7O2. The largest absolute Gasteiger partial charge is 0.387 e. The van der Waals surface area contributed by atoms with Gasteiger partial charge in [-0.2, -0.15) is 5.10 Å². The van der Waals surface area contributed by atoms with Crippen LogP contribution in [-0.4, -0.2) is 92.9 Å². The van der Waals surface area contributed by atoms with Crippen LogP contribution >= 0.6 is 0 Å². The molecule has 1 aromatic carbocycles. The van der Waals surface area contributed by atoms with E-state index in [0.29, 0.717) is 38.3 Å². The molecule has 0 unspecified atom stereocenters. The Morgan fingerprint density at radius 2 is 1.89 bits per heavy atom. The van der Waals surface area contributed by atoms with Crippen LogP contribution in [0.15, 0.2) is 36.8 Å². The van der Waals surface area contributed by atoms with Crippen molar-refractivity contribution in [3.8, 4) is 0 Å². The number of hydrogen-bond acceptors (Lipinski definition) is 7. The molecular weight excluding hydrogens is 499 g/mol. The number of carbonyl (C=O) groups is 1. The summed E-state index contributed by atoms with van der Waals surface area (Å²) in [6, 6.07) is 5.52. The molecule has 2 N–H and O–H groups in total. The van der Waals surface area contributed by atoms with Crippen LogP contribution < -0.4 is 10.2 Å². The maximum absolute atomic E-state index is 14.6. The molecule has 2 aliphatic heterocycles. The number of nitrogens with zero attached hydrogens (tertiary/aromatic N) is 6. The monoisotopic (exact) mass is 531 g/mol. The lowest BCUT2D eigenvalue weighted by Gasteiger charge is -2.37. The van der Waals surface area contributed by atoms with Crippen LogP contribution in [0.3, 0.4) is 0 Å². The smallest absolute Gasteiger partial charge is 0.254 e. The van der Waals surface area contributed by atoms with Crippen molar-refractivity contribution < 1.29 is 23.1 Å². The van der Waals surface area contributed by atoms with Gasteiger partial charge in [0.25, 0.3) is 12.3 Å². The van der Waals surface area contributed by atoms with Crippen molar-refractivity contribution >= 4 is 22.9 Å². The second-order valence-electron chi connectivity index (χ2n) is 10.4. The van der Waals surface area contributed by atoms with Crippen LogP contribution in [0.2, 0.25) is 0 Å². The molecule has 0 radical (unpaired) electrons. The fourth-order valence-electron chi connectivity index (χ4n) is 4.94. The Hall–Kier alpha value is -3.38. The standard InChI is InChI=1S/C26H32F3N7O2/c1-26(2,38)22(27)15-35-14-17-10-20(31-12-18-13-32-36-5-3-4-30-24(18)36)21(11-19(17)25(35)37)34-8-6-33(7-9-34)16-23(28)29/h3-5,10-11,13,22-23,31,38H,6-9,12,14-16H2,1-2H3/t22-/m1/s1. The highest BCUT2D eigenvalue weighted by atomic mass is 19.3. The first kappa shape index (κ1) is 26.2. The molecule has 3 aromatic rings. The number of aliphatic hydroxyl groups is 1. The Kier molecular flexibility index (Phi) is 7.19. The first-order valence-electron chi connectivity index (χ1n) is 12.7. The van der Waals surface area contributed by atoms with Crippen molar-refractivity contribution in [1.82, 2.24) is 24.4 Å². The van der Waals surface area contributed by atoms with Gasteiger partial charge in [0.2, 0.25) is 0 Å². The molecule has 1 fully saturated rings. The van der Waals surface area contributed by atoms with Gasteiger partial charge in [0.15, 0.2) is 5.65 Å². The molecule has 12 heteroatoms. The van der Waals surface area contributed by atoms with E-state index in [1.807, 2.05) is 18.3 Å². The van der Waals surface area contributed by atoms with E-state index in [-0.39, 0.29) is 25.5 Å². The van der Waals surface area contributed by atoms with Gasteiger partial charge in [-0.25, -0.2) is 22.7 Å². The third-order valence-corrected chi connectivity index (χ3v) is 7.18. The molecule has 0 spiro atoms. The van der Waals surface area contributed by atoms with E-state index in [9.17, 15) is 23.1 Å². The summed E-state index contributed by atoms with van der Waals surface area (Å²) in [5.74, 6) is -0.289. The topological polar surface area (TPSA) is 89.2 Å². The molecule has 204 valence electrons. The summed E-state index contributed by atoms with van der Waals surface area (Å²) in [6.07, 6.45) is 1.28. The van der Waals surface area contributed by atoms with Gasteiger partial charge in [0.1, 0.15) is 6.17 Å². The van der Waals surface area contributed by atoms with Gasteiger partial charge >= 0.3 is 0 Å². The summed E-state index contributed by atoms with van der Waals surface area (Å²) >= 11 is 0. The molecule has 0 aliphatic carbocycles. The van der Waals surface area contributed by atoms with Crippen LogP contribution in [0.25, 0.3) is 5.65 Å². The van der Waals surface area contributed by atoms with Crippen LogP contribution in [0.5, 0.6) is 0 Å². The normalized spacial score (nSPS) is 17.5. The predicted octanol–water partition coefficient (Wildman–Crippen LogP) is 2.79. The molecule has 0 bridgehead atoms. The summed E-state index contributed by atoms with van der Waals surface area (Å²) < 4.78 is 42.1. The zero-order valence-electron chi connectivity index (χ0n) is 21.4. The van der Waals surface area contributed by atoms with Crippen molar-refractivity contribution in [3.63, 3.8) is 0 Å². The molecule has 1 atom stereocenters. The summed E-state index contributed by atoms with van der Waals surface area (Å²) in [5, 5.41) is 17.8. The number of aromatic nitrogens is 3. The molecule has 0 saturated carbocycles. The van der Waals surface area contributed by atoms with Crippen LogP contribution in [0.1, 0.15) is 35.3 Å². The highest BCUT2D eigenvalue weighted by Crippen LogP contribution is 2.36. The number of anilines is 2. The minimum absolute atomic E-state index is 0.213. The van der Waals surface area contributed by atoms with E-state index in [0.717, 1.165) is 28.1 Å². The summed E-state index contributed by atoms with van der Waals surface area (Å²) in [5.41, 5.74) is 2.88. The van der Waals surface area contributed by atoms with Gasteiger partial charge in [-0.1, -0.05) is 0 Å². The van der Waals surface area contributed by atoms with Crippen LogP contribution in [0, 0.1) is 0 Å². The Balaban J connectivity index is 1.41. The van der Waals surface area contributed by atoms with Crippen LogP contribution in [-0.2, 0) is 13.1 Å². The predicted molar refractivity (Wildman–Crippen MR) is 137 cm³/mol. The SMILES string of the molecule is CC(C)(O)[C@H](F)CN1Cc2cc(NCc3cnn4cccnc34)c(N3CCN(CC(F)F)CC3)cc2C1=O. The molecule has 38 heavy (non-hydrogen) atoms. The highest BCUT2D eigenvalue weighted by Gasteiger charge is 2.35. The van der Waals surface area contributed by atoms with E-state index in [2.05, 4.69) is 20.3 Å². The maximum atomic E-state index is 14.6. The molecule has 1 amide bonds. The molecule has 5 rings (SSSR count). The van der Waals surface area contributed by atoms with E-state index in [4.69, 9.17) is 0 Å². The number of halogens is 3. The molecule has 9 nitrogen and oxygen atoms in total. The number of carbonyl (C=O) groups excluding carboxylic acids is 1. The van der Waals surface area contributed by atoms with Crippen molar-refractivity contribution in [2.24, 2.45) is 0 Å². The number of nitrogens with one attached hydrogen (secondary N) is 1. The van der Waals surface area contributed by atoms with Crippen molar-refractivity contribution in [1.29, 1.82) is 0 Å². The lowest BCUT2D eigenvalue weighted by atomic mass is 10.0. The molecule has 2 aliphatic rings. The van der Waals surface area contributed by atoms with E-state index in [1.165, 1.54) is 18.7 Å². The lowest BCUT2D eigenvalue weighted by Crippen LogP contribution is -2.48. The summed E-state index contributed by atoms with van der Waals surface area (Å²) in [6.45, 7) is 4.98. The highest BCUT2D eigenvalue weighted by molar-refractivity contribution is 6.00. The van der Waals surface area contributed by atoms with Crippen molar-refractivity contribution in [2.45, 2.75) is 45.1 Å². The van der Waals surface area contributed by atoms with Crippen LogP contribution in [0.4, 0.5) is 24.5 Å². The van der Waals surface area contributed by atoms with E-state index in [1.54, 1.807) is 27.9 Å². The molecule has 2 aromatic heterocycles. The van der Waals surface area contributed by atoms with Crippen molar-refractivity contribution in [2.75, 3.05) is 49.5 Å². The lowest BCUT2D eigenvalue weighted by molar-refractivity contribution is -0.0159. The number of amides is 1. The zero-order chi connectivity index (χ0) is 27.0. The minimum Gasteiger partial charge on any atom is -0.387 e. The van der Waals surface area contributed by atoms with Gasteiger partial charge in [0, 0.05) is 62.8 Å². The number of rotatable bonds is 9. The quantitative estimate of drug-likeness (QED) is 0.439. The second-order valence-corrected chi connectivity index (χ2v) is 10.4. The summed E-state index contributed by atoms with van der Waals surface area (Å²) in [4.78, 5) is 22.8. The van der Waals surface area contributed by atoms with E-state index >= 15 is 0 Å². The molecule has 4 heterocycles. The summed E-state index contributed by atoms with van der Waals surface area (Å²) in [7, 11) is 0. The number of alkyl halides is 3. The van der Waals surface area contributed by atoms with Gasteiger partial charge in [-0.15, -0.1) is 0 Å². The fourth-order valence-corrected chi connectivity index (χ4v) is 4.94. The minimum atomic E-state index is -2.38. The third kappa shape index (κ3) is 5.41. The van der Waals surface area contributed by atoms with Gasteiger partial charge < -0.3 is 20.2 Å². The third-order valence-electron chi connectivity index (χ3n) is 7.18. The average molecular weight is 532 g/mol. The maximum Gasteiger partial charge on any atom is 0.254 e. The second kappa shape index (κ2) is 10.4. The van der Waals surface area contributed by atoms with Crippen molar-refractivity contribution in [3.05, 3.63) is 53.5 Å². The van der Waals surface area contributed by atoms with Gasteiger partial charge in [-0.3, -0.25) is 9.69 Å². The Morgan fingerprint density at radius 1 is 1.13 bits per heavy atom. The van der Waals surface area contributed by atoms with Gasteiger partial charge in [-0.05, 0) is 37.6 Å².